The van der Waals surface area contributed by atoms with Crippen LogP contribution in [0.15, 0.2) is 18.2 Å². The van der Waals surface area contributed by atoms with Crippen molar-refractivity contribution in [3.05, 3.63) is 33.8 Å². The number of carbonyl (C=O) groups is 1. The molecule has 2 rings (SSSR count). The zero-order valence-electron chi connectivity index (χ0n) is 11.2. The van der Waals surface area contributed by atoms with Crippen LogP contribution in [-0.2, 0) is 14.3 Å². The molecule has 2 unspecified atom stereocenters. The summed E-state index contributed by atoms with van der Waals surface area (Å²) in [6, 6.07) is 5.01. The molecule has 0 bridgehead atoms. The minimum absolute atomic E-state index is 0.375. The van der Waals surface area contributed by atoms with Crippen LogP contribution in [0.25, 0.3) is 0 Å². The van der Waals surface area contributed by atoms with Gasteiger partial charge in [-0.15, -0.1) is 0 Å². The Hall–Kier alpha value is -0.810. The summed E-state index contributed by atoms with van der Waals surface area (Å²) in [5.41, 5.74) is 0.465. The summed E-state index contributed by atoms with van der Waals surface area (Å²) in [5, 5.41) is 10.1. The number of halogens is 2. The maximum absolute atomic E-state index is 11.4. The van der Waals surface area contributed by atoms with E-state index in [9.17, 15) is 9.90 Å². The number of hydrogen-bond acceptors (Lipinski definition) is 3. The highest BCUT2D eigenvalue weighted by atomic mass is 35.5. The molecule has 0 amide bonds. The third-order valence-electron chi connectivity index (χ3n) is 3.56. The minimum atomic E-state index is -1.12. The van der Waals surface area contributed by atoms with Crippen LogP contribution >= 0.6 is 23.2 Å². The van der Waals surface area contributed by atoms with Crippen molar-refractivity contribution >= 4 is 29.2 Å². The van der Waals surface area contributed by atoms with Crippen molar-refractivity contribution in [3.8, 4) is 0 Å². The summed E-state index contributed by atoms with van der Waals surface area (Å²) in [7, 11) is 0. The number of hydrogen-bond donors (Lipinski definition) is 1. The lowest BCUT2D eigenvalue weighted by Gasteiger charge is -2.25. The van der Waals surface area contributed by atoms with Crippen molar-refractivity contribution in [3.63, 3.8) is 0 Å². The Morgan fingerprint density at radius 3 is 2.25 bits per heavy atom. The van der Waals surface area contributed by atoms with E-state index < -0.39 is 24.0 Å². The molecule has 1 aliphatic heterocycles. The predicted octanol–water partition coefficient (Wildman–Crippen LogP) is 4.05. The second-order valence-corrected chi connectivity index (χ2v) is 5.48. The first kappa shape index (κ1) is 15.6. The van der Waals surface area contributed by atoms with E-state index in [4.69, 9.17) is 32.7 Å². The summed E-state index contributed by atoms with van der Waals surface area (Å²) in [6.45, 7) is 3.78. The van der Waals surface area contributed by atoms with E-state index in [1.807, 2.05) is 13.8 Å². The van der Waals surface area contributed by atoms with Crippen molar-refractivity contribution in [2.24, 2.45) is 0 Å². The van der Waals surface area contributed by atoms with E-state index in [0.29, 0.717) is 28.5 Å². The Labute approximate surface area is 127 Å². The molecule has 1 fully saturated rings. The van der Waals surface area contributed by atoms with Crippen LogP contribution in [-0.4, -0.2) is 23.0 Å². The number of rotatable bonds is 4. The molecule has 1 aromatic carbocycles. The first-order chi connectivity index (χ1) is 9.44. The lowest BCUT2D eigenvalue weighted by molar-refractivity contribution is -0.186. The van der Waals surface area contributed by atoms with E-state index in [1.54, 1.807) is 18.2 Å². The number of carboxylic acid groups (broad SMARTS) is 1. The minimum Gasteiger partial charge on any atom is -0.479 e. The fourth-order valence-corrected chi connectivity index (χ4v) is 2.98. The first-order valence-electron chi connectivity index (χ1n) is 6.46. The SMILES string of the molecule is CCC1(CC)OC(C(=O)O)C(c2c(Cl)cccc2Cl)O1. The van der Waals surface area contributed by atoms with Gasteiger partial charge >= 0.3 is 5.97 Å². The fourth-order valence-electron chi connectivity index (χ4n) is 2.37. The highest BCUT2D eigenvalue weighted by Crippen LogP contribution is 2.46. The molecule has 1 aliphatic rings. The first-order valence-corrected chi connectivity index (χ1v) is 7.22. The standard InChI is InChI=1S/C14H16Cl2O4/c1-3-14(4-2)19-11(12(20-14)13(17)18)10-8(15)6-5-7-9(10)16/h5-7,11-12H,3-4H2,1-2H3,(H,17,18). The van der Waals surface area contributed by atoms with Crippen LogP contribution in [0, 0.1) is 0 Å². The van der Waals surface area contributed by atoms with Gasteiger partial charge in [0.2, 0.25) is 0 Å². The highest BCUT2D eigenvalue weighted by Gasteiger charge is 2.50. The maximum atomic E-state index is 11.4. The van der Waals surface area contributed by atoms with Crippen molar-refractivity contribution in [1.82, 2.24) is 0 Å². The molecule has 0 aromatic heterocycles. The number of ether oxygens (including phenoxy) is 2. The van der Waals surface area contributed by atoms with E-state index in [1.165, 1.54) is 0 Å². The average Bonchev–Trinajstić information content (AvgIpc) is 2.79. The number of aliphatic carboxylic acids is 1. The summed E-state index contributed by atoms with van der Waals surface area (Å²) in [4.78, 5) is 11.4. The second kappa shape index (κ2) is 5.90. The summed E-state index contributed by atoms with van der Waals surface area (Å²) >= 11 is 12.3. The Kier molecular flexibility index (Phi) is 4.59. The zero-order chi connectivity index (χ0) is 14.9. The molecule has 1 aromatic rings. The lowest BCUT2D eigenvalue weighted by atomic mass is 10.0. The molecule has 2 atom stereocenters. The quantitative estimate of drug-likeness (QED) is 0.909. The van der Waals surface area contributed by atoms with E-state index >= 15 is 0 Å². The van der Waals surface area contributed by atoms with Crippen LogP contribution in [0.1, 0.15) is 38.4 Å². The van der Waals surface area contributed by atoms with Crippen molar-refractivity contribution in [1.29, 1.82) is 0 Å². The van der Waals surface area contributed by atoms with Gasteiger partial charge in [0.1, 0.15) is 6.10 Å². The van der Waals surface area contributed by atoms with Gasteiger partial charge in [0.25, 0.3) is 0 Å². The van der Waals surface area contributed by atoms with Crippen LogP contribution in [0.4, 0.5) is 0 Å². The molecule has 0 saturated carbocycles. The van der Waals surface area contributed by atoms with Crippen molar-refractivity contribution < 1.29 is 19.4 Å². The van der Waals surface area contributed by atoms with Gasteiger partial charge < -0.3 is 14.6 Å². The topological polar surface area (TPSA) is 55.8 Å². The van der Waals surface area contributed by atoms with E-state index in [-0.39, 0.29) is 0 Å². The van der Waals surface area contributed by atoms with Gasteiger partial charge in [-0.25, -0.2) is 4.79 Å². The molecule has 4 nitrogen and oxygen atoms in total. The third kappa shape index (κ3) is 2.66. The van der Waals surface area contributed by atoms with Gasteiger partial charge in [-0.05, 0) is 25.0 Å². The van der Waals surface area contributed by atoms with Gasteiger partial charge in [0.15, 0.2) is 11.9 Å². The predicted molar refractivity (Wildman–Crippen MR) is 76.1 cm³/mol. The van der Waals surface area contributed by atoms with Crippen LogP contribution < -0.4 is 0 Å². The zero-order valence-corrected chi connectivity index (χ0v) is 12.7. The fraction of sp³-hybridized carbons (Fsp3) is 0.500. The number of benzene rings is 1. The van der Waals surface area contributed by atoms with Gasteiger partial charge in [-0.2, -0.15) is 0 Å². The molecule has 1 heterocycles. The van der Waals surface area contributed by atoms with Crippen LogP contribution in [0.3, 0.4) is 0 Å². The largest absolute Gasteiger partial charge is 0.479 e. The monoisotopic (exact) mass is 318 g/mol. The average molecular weight is 319 g/mol. The van der Waals surface area contributed by atoms with Gasteiger partial charge in [0.05, 0.1) is 0 Å². The molecule has 0 aliphatic carbocycles. The molecule has 1 N–H and O–H groups in total. The summed E-state index contributed by atoms with van der Waals surface area (Å²) in [5.74, 6) is -1.99. The maximum Gasteiger partial charge on any atom is 0.336 e. The Morgan fingerprint density at radius 2 is 1.80 bits per heavy atom. The Balaban J connectivity index is 2.46. The molecule has 0 radical (unpaired) electrons. The third-order valence-corrected chi connectivity index (χ3v) is 4.22. The summed E-state index contributed by atoms with van der Waals surface area (Å²) in [6.07, 6.45) is -0.835. The molecule has 0 spiro atoms. The number of carboxylic acids is 1. The summed E-state index contributed by atoms with van der Waals surface area (Å²) < 4.78 is 11.5. The van der Waals surface area contributed by atoms with E-state index in [0.717, 1.165) is 0 Å². The second-order valence-electron chi connectivity index (χ2n) is 4.67. The Morgan fingerprint density at radius 1 is 1.25 bits per heavy atom. The lowest BCUT2D eigenvalue weighted by Crippen LogP contribution is -2.31. The highest BCUT2D eigenvalue weighted by molar-refractivity contribution is 6.36. The molecule has 20 heavy (non-hydrogen) atoms. The van der Waals surface area contributed by atoms with Gasteiger partial charge in [0, 0.05) is 15.6 Å². The molecule has 1 saturated heterocycles. The molecular weight excluding hydrogens is 303 g/mol. The normalized spacial score (nSPS) is 24.8. The van der Waals surface area contributed by atoms with Crippen LogP contribution in [0.2, 0.25) is 10.0 Å². The molecule has 6 heteroatoms. The van der Waals surface area contributed by atoms with Crippen LogP contribution in [0.5, 0.6) is 0 Å². The van der Waals surface area contributed by atoms with Crippen molar-refractivity contribution in [2.45, 2.75) is 44.7 Å². The van der Waals surface area contributed by atoms with E-state index in [2.05, 4.69) is 0 Å². The van der Waals surface area contributed by atoms with Crippen molar-refractivity contribution in [2.75, 3.05) is 0 Å². The van der Waals surface area contributed by atoms with Gasteiger partial charge in [-0.3, -0.25) is 0 Å². The molecular formula is C14H16Cl2O4. The van der Waals surface area contributed by atoms with Gasteiger partial charge in [-0.1, -0.05) is 43.1 Å². The smallest absolute Gasteiger partial charge is 0.336 e. The molecule has 110 valence electrons. The Bertz CT molecular complexity index is 494.